The molecule has 1 aliphatic heterocycles. The minimum atomic E-state index is -0.303. The Morgan fingerprint density at radius 1 is 1.23 bits per heavy atom. The number of carbonyl (C=O) groups excluding carboxylic acids is 1. The van der Waals surface area contributed by atoms with Gasteiger partial charge in [0.2, 0.25) is 5.78 Å². The number of halogens is 1. The minimum absolute atomic E-state index is 0.102. The Bertz CT molecular complexity index is 911. The quantitative estimate of drug-likeness (QED) is 0.500. The summed E-state index contributed by atoms with van der Waals surface area (Å²) in [6.45, 7) is 4.91. The highest BCUT2D eigenvalue weighted by atomic mass is 35.5. The van der Waals surface area contributed by atoms with Crippen molar-refractivity contribution in [1.82, 2.24) is 5.32 Å². The summed E-state index contributed by atoms with van der Waals surface area (Å²) in [5, 5.41) is 13.4. The average molecular weight is 367 g/mol. The molecule has 1 aliphatic rings. The van der Waals surface area contributed by atoms with Crippen LogP contribution in [0.3, 0.4) is 0 Å². The number of hydrogen-bond acceptors (Lipinski definition) is 4. The lowest BCUT2D eigenvalue weighted by Crippen LogP contribution is -2.36. The first-order chi connectivity index (χ1) is 12.5. The highest BCUT2D eigenvalue weighted by Gasteiger charge is 2.24. The van der Waals surface area contributed by atoms with Gasteiger partial charge in [-0.2, -0.15) is 5.26 Å². The minimum Gasteiger partial charge on any atom is -0.383 e. The molecule has 0 radical (unpaired) electrons. The highest BCUT2D eigenvalue weighted by molar-refractivity contribution is 6.30. The van der Waals surface area contributed by atoms with Gasteiger partial charge >= 0.3 is 0 Å². The SMILES string of the molecule is Cc1cc(C(=O)/C(C#N)=C2\NCCOC2C)cc(-c2ccc(Cl)cc2)c1. The van der Waals surface area contributed by atoms with Crippen molar-refractivity contribution >= 4 is 17.4 Å². The van der Waals surface area contributed by atoms with Gasteiger partial charge in [-0.15, -0.1) is 0 Å². The Morgan fingerprint density at radius 3 is 2.62 bits per heavy atom. The van der Waals surface area contributed by atoms with E-state index in [1.54, 1.807) is 6.07 Å². The number of allylic oxidation sites excluding steroid dienone is 1. The van der Waals surface area contributed by atoms with Crippen molar-refractivity contribution in [2.75, 3.05) is 13.2 Å². The summed E-state index contributed by atoms with van der Waals surface area (Å²) in [6.07, 6.45) is -0.303. The number of carbonyl (C=O) groups is 1. The molecular weight excluding hydrogens is 348 g/mol. The van der Waals surface area contributed by atoms with Crippen LogP contribution in [0.25, 0.3) is 11.1 Å². The van der Waals surface area contributed by atoms with Crippen molar-refractivity contribution in [2.45, 2.75) is 20.0 Å². The zero-order valence-electron chi connectivity index (χ0n) is 14.7. The van der Waals surface area contributed by atoms with Gasteiger partial charge in [0.05, 0.1) is 18.4 Å². The van der Waals surface area contributed by atoms with E-state index in [1.807, 2.05) is 50.2 Å². The second-order valence-corrected chi connectivity index (χ2v) is 6.70. The molecule has 0 aromatic heterocycles. The van der Waals surface area contributed by atoms with Crippen LogP contribution in [0.5, 0.6) is 0 Å². The van der Waals surface area contributed by atoms with E-state index in [9.17, 15) is 10.1 Å². The van der Waals surface area contributed by atoms with Crippen LogP contribution in [-0.4, -0.2) is 25.0 Å². The maximum absolute atomic E-state index is 13.0. The lowest BCUT2D eigenvalue weighted by Gasteiger charge is -2.25. The zero-order valence-corrected chi connectivity index (χ0v) is 15.4. The Kier molecular flexibility index (Phi) is 5.41. The van der Waals surface area contributed by atoms with Crippen LogP contribution in [-0.2, 0) is 4.74 Å². The predicted molar refractivity (Wildman–Crippen MR) is 102 cm³/mol. The van der Waals surface area contributed by atoms with E-state index >= 15 is 0 Å². The third kappa shape index (κ3) is 3.80. The fraction of sp³-hybridized carbons (Fsp3) is 0.238. The maximum Gasteiger partial charge on any atom is 0.205 e. The maximum atomic E-state index is 13.0. The standard InChI is InChI=1S/C21H19ClN2O2/c1-13-9-16(15-3-5-18(22)6-4-15)11-17(10-13)21(25)19(12-23)20-14(2)26-8-7-24-20/h3-6,9-11,14,24H,7-8H2,1-2H3/b20-19-. The molecule has 2 aromatic rings. The van der Waals surface area contributed by atoms with Gasteiger partial charge in [0.15, 0.2) is 0 Å². The monoisotopic (exact) mass is 366 g/mol. The molecule has 0 bridgehead atoms. The summed E-state index contributed by atoms with van der Waals surface area (Å²) in [7, 11) is 0. The second-order valence-electron chi connectivity index (χ2n) is 6.26. The Hall–Kier alpha value is -2.61. The number of nitriles is 1. The van der Waals surface area contributed by atoms with E-state index in [-0.39, 0.29) is 17.5 Å². The number of ketones is 1. The zero-order chi connectivity index (χ0) is 18.7. The average Bonchev–Trinajstić information content (AvgIpc) is 2.64. The second kappa shape index (κ2) is 7.74. The lowest BCUT2D eigenvalue weighted by molar-refractivity contribution is 0.0645. The van der Waals surface area contributed by atoms with Crippen molar-refractivity contribution < 1.29 is 9.53 Å². The Labute approximate surface area is 158 Å². The van der Waals surface area contributed by atoms with Crippen molar-refractivity contribution in [2.24, 2.45) is 0 Å². The summed E-state index contributed by atoms with van der Waals surface area (Å²) < 4.78 is 5.55. The van der Waals surface area contributed by atoms with Crippen LogP contribution >= 0.6 is 11.6 Å². The number of benzene rings is 2. The normalized spacial score (nSPS) is 18.6. The van der Waals surface area contributed by atoms with Gasteiger partial charge in [-0.3, -0.25) is 4.79 Å². The van der Waals surface area contributed by atoms with Gasteiger partial charge in [-0.25, -0.2) is 0 Å². The van der Waals surface area contributed by atoms with Gasteiger partial charge in [0, 0.05) is 17.1 Å². The molecule has 5 heteroatoms. The number of ether oxygens (including phenoxy) is 1. The first kappa shape index (κ1) is 18.2. The number of rotatable bonds is 3. The fourth-order valence-electron chi connectivity index (χ4n) is 3.04. The lowest BCUT2D eigenvalue weighted by atomic mass is 9.94. The van der Waals surface area contributed by atoms with Crippen molar-refractivity contribution in [3.63, 3.8) is 0 Å². The molecule has 0 amide bonds. The smallest absolute Gasteiger partial charge is 0.205 e. The molecule has 4 nitrogen and oxygen atoms in total. The van der Waals surface area contributed by atoms with E-state index < -0.39 is 0 Å². The highest BCUT2D eigenvalue weighted by Crippen LogP contribution is 2.26. The van der Waals surface area contributed by atoms with Crippen molar-refractivity contribution in [3.8, 4) is 17.2 Å². The predicted octanol–water partition coefficient (Wildman–Crippen LogP) is 4.28. The molecule has 1 unspecified atom stereocenters. The van der Waals surface area contributed by atoms with Gasteiger partial charge < -0.3 is 10.1 Å². The van der Waals surface area contributed by atoms with Gasteiger partial charge in [-0.1, -0.05) is 29.8 Å². The first-order valence-corrected chi connectivity index (χ1v) is 8.79. The van der Waals surface area contributed by atoms with Gasteiger partial charge in [-0.05, 0) is 54.8 Å². The molecule has 0 spiro atoms. The van der Waals surface area contributed by atoms with Crippen molar-refractivity contribution in [1.29, 1.82) is 5.26 Å². The van der Waals surface area contributed by atoms with E-state index in [1.165, 1.54) is 0 Å². The van der Waals surface area contributed by atoms with E-state index in [0.717, 1.165) is 16.7 Å². The molecule has 1 atom stereocenters. The molecule has 132 valence electrons. The molecule has 26 heavy (non-hydrogen) atoms. The molecule has 2 aromatic carbocycles. The Morgan fingerprint density at radius 2 is 1.96 bits per heavy atom. The van der Waals surface area contributed by atoms with E-state index in [0.29, 0.717) is 29.4 Å². The first-order valence-electron chi connectivity index (χ1n) is 8.41. The number of Topliss-reactive ketones (excluding diaryl/α,β-unsaturated/α-hetero) is 1. The summed E-state index contributed by atoms with van der Waals surface area (Å²) in [5.74, 6) is -0.300. The molecule has 3 rings (SSSR count). The number of nitrogens with one attached hydrogen (secondary N) is 1. The largest absolute Gasteiger partial charge is 0.383 e. The molecule has 0 aliphatic carbocycles. The number of morpholine rings is 1. The van der Waals surface area contributed by atoms with Gasteiger partial charge in [0.25, 0.3) is 0 Å². The van der Waals surface area contributed by atoms with Crippen LogP contribution in [0, 0.1) is 18.3 Å². The molecule has 1 heterocycles. The summed E-state index contributed by atoms with van der Waals surface area (Å²) >= 11 is 5.96. The molecule has 1 N–H and O–H groups in total. The molecule has 0 saturated carbocycles. The molecule has 1 saturated heterocycles. The number of nitrogens with zero attached hydrogens (tertiary/aromatic N) is 1. The summed E-state index contributed by atoms with van der Waals surface area (Å²) in [4.78, 5) is 13.0. The molecular formula is C21H19ClN2O2. The summed E-state index contributed by atoms with van der Waals surface area (Å²) in [5.41, 5.74) is 3.96. The van der Waals surface area contributed by atoms with Crippen molar-refractivity contribution in [3.05, 3.63) is 69.9 Å². The van der Waals surface area contributed by atoms with Crippen LogP contribution in [0.2, 0.25) is 5.02 Å². The van der Waals surface area contributed by atoms with Crippen LogP contribution < -0.4 is 5.32 Å². The van der Waals surface area contributed by atoms with Gasteiger partial charge in [0.1, 0.15) is 11.6 Å². The third-order valence-corrected chi connectivity index (χ3v) is 4.57. The number of hydrogen-bond donors (Lipinski definition) is 1. The Balaban J connectivity index is 2.03. The van der Waals surface area contributed by atoms with Crippen LogP contribution in [0.15, 0.2) is 53.7 Å². The van der Waals surface area contributed by atoms with Crippen LogP contribution in [0.1, 0.15) is 22.8 Å². The summed E-state index contributed by atoms with van der Waals surface area (Å²) in [6, 6.07) is 15.1. The van der Waals surface area contributed by atoms with E-state index in [4.69, 9.17) is 16.3 Å². The molecule has 1 fully saturated rings. The third-order valence-electron chi connectivity index (χ3n) is 4.32. The fourth-order valence-corrected chi connectivity index (χ4v) is 3.17. The van der Waals surface area contributed by atoms with E-state index in [2.05, 4.69) is 11.4 Å². The van der Waals surface area contributed by atoms with Crippen LogP contribution in [0.4, 0.5) is 0 Å². The topological polar surface area (TPSA) is 62.1 Å². The number of aryl methyl sites for hydroxylation is 1.